The molecule has 1 rings (SSSR count). The van der Waals surface area contributed by atoms with E-state index in [-0.39, 0.29) is 12.2 Å². The first kappa shape index (κ1) is 9.32. The Morgan fingerprint density at radius 2 is 2.50 bits per heavy atom. The summed E-state index contributed by atoms with van der Waals surface area (Å²) in [5.74, 6) is 0. The van der Waals surface area contributed by atoms with Gasteiger partial charge in [0.05, 0.1) is 12.6 Å². The van der Waals surface area contributed by atoms with Gasteiger partial charge in [-0.15, -0.1) is 0 Å². The minimum atomic E-state index is -0.510. The van der Waals surface area contributed by atoms with Crippen molar-refractivity contribution in [1.82, 2.24) is 4.90 Å². The van der Waals surface area contributed by atoms with Crippen molar-refractivity contribution in [2.45, 2.75) is 32.0 Å². The van der Waals surface area contributed by atoms with Gasteiger partial charge in [0.2, 0.25) is 0 Å². The number of aliphatic hydroxyl groups is 1. The van der Waals surface area contributed by atoms with Crippen LogP contribution in [-0.4, -0.2) is 41.9 Å². The zero-order valence-electron chi connectivity index (χ0n) is 7.49. The SMILES string of the molecule is CCC[C@H](O)[C@@H]1CN(C)C(=O)O1. The highest BCUT2D eigenvalue weighted by Gasteiger charge is 2.32. The molecule has 12 heavy (non-hydrogen) atoms. The van der Waals surface area contributed by atoms with E-state index < -0.39 is 6.10 Å². The molecular formula is C8H15NO3. The van der Waals surface area contributed by atoms with Crippen LogP contribution in [0.3, 0.4) is 0 Å². The highest BCUT2D eigenvalue weighted by atomic mass is 16.6. The molecule has 0 aromatic heterocycles. The molecule has 1 N–H and O–H groups in total. The second-order valence-corrected chi connectivity index (χ2v) is 3.16. The molecule has 4 nitrogen and oxygen atoms in total. The van der Waals surface area contributed by atoms with Gasteiger partial charge >= 0.3 is 6.09 Å². The second kappa shape index (κ2) is 3.76. The van der Waals surface area contributed by atoms with E-state index in [1.54, 1.807) is 7.05 Å². The summed E-state index contributed by atoms with van der Waals surface area (Å²) in [6.45, 7) is 2.49. The van der Waals surface area contributed by atoms with E-state index in [2.05, 4.69) is 0 Å². The molecule has 1 amide bonds. The molecule has 1 aliphatic heterocycles. The molecule has 70 valence electrons. The molecule has 0 aromatic rings. The predicted octanol–water partition coefficient (Wildman–Crippen LogP) is 0.598. The molecule has 4 heteroatoms. The van der Waals surface area contributed by atoms with Gasteiger partial charge in [0.25, 0.3) is 0 Å². The van der Waals surface area contributed by atoms with Crippen molar-refractivity contribution < 1.29 is 14.6 Å². The van der Waals surface area contributed by atoms with Gasteiger partial charge in [0, 0.05) is 7.05 Å². The lowest BCUT2D eigenvalue weighted by Crippen LogP contribution is -2.29. The van der Waals surface area contributed by atoms with Crippen molar-refractivity contribution in [2.24, 2.45) is 0 Å². The van der Waals surface area contributed by atoms with Gasteiger partial charge in [-0.05, 0) is 6.42 Å². The molecule has 1 saturated heterocycles. The topological polar surface area (TPSA) is 49.8 Å². The van der Waals surface area contributed by atoms with Crippen LogP contribution in [0.1, 0.15) is 19.8 Å². The number of carbonyl (C=O) groups excluding carboxylic acids is 1. The monoisotopic (exact) mass is 173 g/mol. The molecule has 1 fully saturated rings. The number of aliphatic hydroxyl groups excluding tert-OH is 1. The second-order valence-electron chi connectivity index (χ2n) is 3.16. The maximum Gasteiger partial charge on any atom is 0.410 e. The smallest absolute Gasteiger partial charge is 0.410 e. The number of rotatable bonds is 3. The lowest BCUT2D eigenvalue weighted by Gasteiger charge is -2.14. The average molecular weight is 173 g/mol. The minimum absolute atomic E-state index is 0.331. The first-order valence-electron chi connectivity index (χ1n) is 4.25. The Balaban J connectivity index is 2.40. The summed E-state index contributed by atoms with van der Waals surface area (Å²) in [6.07, 6.45) is 0.409. The van der Waals surface area contributed by atoms with Gasteiger partial charge in [-0.2, -0.15) is 0 Å². The van der Waals surface area contributed by atoms with Crippen LogP contribution in [0.5, 0.6) is 0 Å². The number of cyclic esters (lactones) is 1. The van der Waals surface area contributed by atoms with Crippen LogP contribution in [0.15, 0.2) is 0 Å². The van der Waals surface area contributed by atoms with Crippen LogP contribution >= 0.6 is 0 Å². The van der Waals surface area contributed by atoms with Gasteiger partial charge in [-0.25, -0.2) is 4.79 Å². The Hall–Kier alpha value is -0.770. The number of nitrogens with zero attached hydrogens (tertiary/aromatic N) is 1. The summed E-state index contributed by atoms with van der Waals surface area (Å²) in [4.78, 5) is 12.4. The zero-order chi connectivity index (χ0) is 9.14. The largest absolute Gasteiger partial charge is 0.441 e. The van der Waals surface area contributed by atoms with Crippen molar-refractivity contribution in [1.29, 1.82) is 0 Å². The van der Waals surface area contributed by atoms with Crippen molar-refractivity contribution >= 4 is 6.09 Å². The quantitative estimate of drug-likeness (QED) is 0.679. The Kier molecular flexibility index (Phi) is 2.92. The molecule has 0 unspecified atom stereocenters. The average Bonchev–Trinajstić information content (AvgIpc) is 2.33. The summed E-state index contributed by atoms with van der Waals surface area (Å²) in [5, 5.41) is 9.48. The number of hydrogen-bond acceptors (Lipinski definition) is 3. The van der Waals surface area contributed by atoms with Gasteiger partial charge in [-0.1, -0.05) is 13.3 Å². The summed E-state index contributed by atoms with van der Waals surface area (Å²) in [5.41, 5.74) is 0. The Bertz CT molecular complexity index is 172. The van der Waals surface area contributed by atoms with Crippen LogP contribution in [0.25, 0.3) is 0 Å². The Morgan fingerprint density at radius 1 is 1.83 bits per heavy atom. The third kappa shape index (κ3) is 1.88. The van der Waals surface area contributed by atoms with E-state index in [0.29, 0.717) is 13.0 Å². The van der Waals surface area contributed by atoms with Crippen LogP contribution in [0.2, 0.25) is 0 Å². The summed E-state index contributed by atoms with van der Waals surface area (Å²) in [6, 6.07) is 0. The lowest BCUT2D eigenvalue weighted by molar-refractivity contribution is 0.0276. The number of hydrogen-bond donors (Lipinski definition) is 1. The molecular weight excluding hydrogens is 158 g/mol. The molecule has 2 atom stereocenters. The van der Waals surface area contributed by atoms with Crippen molar-refractivity contribution in [2.75, 3.05) is 13.6 Å². The highest BCUT2D eigenvalue weighted by Crippen LogP contribution is 2.15. The van der Waals surface area contributed by atoms with E-state index in [1.165, 1.54) is 4.90 Å². The van der Waals surface area contributed by atoms with Gasteiger partial charge in [0.15, 0.2) is 0 Å². The minimum Gasteiger partial charge on any atom is -0.441 e. The van der Waals surface area contributed by atoms with E-state index in [0.717, 1.165) is 6.42 Å². The lowest BCUT2D eigenvalue weighted by atomic mass is 10.1. The van der Waals surface area contributed by atoms with E-state index in [1.807, 2.05) is 6.92 Å². The summed E-state index contributed by atoms with van der Waals surface area (Å²) in [7, 11) is 1.67. The van der Waals surface area contributed by atoms with Crippen molar-refractivity contribution in [3.63, 3.8) is 0 Å². The fourth-order valence-electron chi connectivity index (χ4n) is 1.28. The number of amides is 1. The molecule has 0 saturated carbocycles. The van der Waals surface area contributed by atoms with E-state index in [9.17, 15) is 9.90 Å². The normalized spacial score (nSPS) is 25.8. The molecule has 0 aromatic carbocycles. The molecule has 1 heterocycles. The standard InChI is InChI=1S/C8H15NO3/c1-3-4-6(10)7-5-9(2)8(11)12-7/h6-7,10H,3-5H2,1-2H3/t6-,7-/m0/s1. The van der Waals surface area contributed by atoms with Crippen LogP contribution in [-0.2, 0) is 4.74 Å². The van der Waals surface area contributed by atoms with Crippen LogP contribution in [0, 0.1) is 0 Å². The first-order chi connectivity index (χ1) is 5.65. The summed E-state index contributed by atoms with van der Waals surface area (Å²) >= 11 is 0. The Labute approximate surface area is 72.1 Å². The van der Waals surface area contributed by atoms with E-state index >= 15 is 0 Å². The van der Waals surface area contributed by atoms with Crippen molar-refractivity contribution in [3.05, 3.63) is 0 Å². The third-order valence-electron chi connectivity index (χ3n) is 2.03. The number of ether oxygens (including phenoxy) is 1. The Morgan fingerprint density at radius 3 is 2.92 bits per heavy atom. The molecule has 0 bridgehead atoms. The van der Waals surface area contributed by atoms with E-state index in [4.69, 9.17) is 4.74 Å². The maximum atomic E-state index is 10.9. The first-order valence-corrected chi connectivity index (χ1v) is 4.25. The highest BCUT2D eigenvalue weighted by molar-refractivity contribution is 5.69. The van der Waals surface area contributed by atoms with Crippen molar-refractivity contribution in [3.8, 4) is 0 Å². The molecule has 1 aliphatic rings. The predicted molar refractivity (Wildman–Crippen MR) is 43.8 cm³/mol. The maximum absolute atomic E-state index is 10.9. The number of likely N-dealkylation sites (N-methyl/N-ethyl adjacent to an activating group) is 1. The van der Waals surface area contributed by atoms with Gasteiger partial charge in [-0.3, -0.25) is 0 Å². The fraction of sp³-hybridized carbons (Fsp3) is 0.875. The van der Waals surface area contributed by atoms with Crippen LogP contribution < -0.4 is 0 Å². The molecule has 0 spiro atoms. The fourth-order valence-corrected chi connectivity index (χ4v) is 1.28. The van der Waals surface area contributed by atoms with Gasteiger partial charge < -0.3 is 14.7 Å². The summed E-state index contributed by atoms with van der Waals surface area (Å²) < 4.78 is 4.92. The zero-order valence-corrected chi connectivity index (χ0v) is 7.49. The van der Waals surface area contributed by atoms with Gasteiger partial charge in [0.1, 0.15) is 6.10 Å². The molecule has 0 aliphatic carbocycles. The number of carbonyl (C=O) groups is 1. The van der Waals surface area contributed by atoms with Crippen LogP contribution in [0.4, 0.5) is 4.79 Å². The third-order valence-corrected chi connectivity index (χ3v) is 2.03. The molecule has 0 radical (unpaired) electrons.